The van der Waals surface area contributed by atoms with Crippen molar-refractivity contribution in [2.45, 2.75) is 82.3 Å². The van der Waals surface area contributed by atoms with E-state index in [0.717, 1.165) is 15.8 Å². The van der Waals surface area contributed by atoms with Gasteiger partial charge in [-0.05, 0) is 54.0 Å². The molecule has 2 aliphatic heterocycles. The van der Waals surface area contributed by atoms with Crippen LogP contribution in [0.2, 0.25) is 0 Å². The molecule has 1 saturated heterocycles. The fraction of sp³-hybridized carbons (Fsp3) is 0.552. The van der Waals surface area contributed by atoms with E-state index in [1.54, 1.807) is 0 Å². The van der Waals surface area contributed by atoms with E-state index in [1.807, 2.05) is 6.92 Å². The number of aromatic nitrogens is 5. The molecule has 10 nitrogen and oxygen atoms in total. The van der Waals surface area contributed by atoms with Crippen LogP contribution < -0.4 is 9.80 Å². The van der Waals surface area contributed by atoms with Crippen LogP contribution in [-0.4, -0.2) is 56.6 Å². The van der Waals surface area contributed by atoms with Crippen LogP contribution in [0.25, 0.3) is 0 Å². The van der Waals surface area contributed by atoms with Gasteiger partial charge in [0.05, 0.1) is 48.8 Å². The predicted octanol–water partition coefficient (Wildman–Crippen LogP) is 7.10. The van der Waals surface area contributed by atoms with Gasteiger partial charge >= 0.3 is 24.6 Å². The quantitative estimate of drug-likeness (QED) is 0.230. The standard InChI is InChI=1S/C29H30F9N7O3/c1-3-4-5-19-13-22(24-21(6-7-23(39-24)29(36,37)38)45(19)26(46)48-20-8-9-47-15-20)44(25-40-42-43(2)41-25)14-16-10-17(27(30,31)32)12-18(11-16)28(33,34)35/h6-7,10-12,19-20,22H,3-5,8-9,13-15H2,1-2H3/t19-,20?,22+/m1/s1. The summed E-state index contributed by atoms with van der Waals surface area (Å²) in [5.74, 6) is -0.299. The minimum absolute atomic E-state index is 0.0266. The van der Waals surface area contributed by atoms with E-state index in [4.69, 9.17) is 9.47 Å². The minimum atomic E-state index is -5.15. The number of alkyl halides is 9. The third-order valence-electron chi connectivity index (χ3n) is 8.00. The van der Waals surface area contributed by atoms with Gasteiger partial charge in [0.1, 0.15) is 11.8 Å². The molecule has 0 bridgehead atoms. The summed E-state index contributed by atoms with van der Waals surface area (Å²) < 4.78 is 135. The molecule has 262 valence electrons. The van der Waals surface area contributed by atoms with Gasteiger partial charge in [0.2, 0.25) is 0 Å². The van der Waals surface area contributed by atoms with Gasteiger partial charge in [-0.3, -0.25) is 4.90 Å². The topological polar surface area (TPSA) is 98.5 Å². The summed E-state index contributed by atoms with van der Waals surface area (Å²) in [7, 11) is 1.35. The first-order valence-electron chi connectivity index (χ1n) is 14.9. The second kappa shape index (κ2) is 13.4. The summed E-state index contributed by atoms with van der Waals surface area (Å²) >= 11 is 0. The van der Waals surface area contributed by atoms with E-state index in [0.29, 0.717) is 50.5 Å². The van der Waals surface area contributed by atoms with E-state index >= 15 is 0 Å². The van der Waals surface area contributed by atoms with E-state index in [9.17, 15) is 44.3 Å². The zero-order chi connectivity index (χ0) is 35.0. The third-order valence-corrected chi connectivity index (χ3v) is 8.00. The zero-order valence-electron chi connectivity index (χ0n) is 25.5. The van der Waals surface area contributed by atoms with Gasteiger partial charge in [-0.15, -0.1) is 5.10 Å². The van der Waals surface area contributed by atoms with Crippen molar-refractivity contribution in [2.75, 3.05) is 23.0 Å². The number of ether oxygens (including phenoxy) is 2. The number of hydrogen-bond acceptors (Lipinski definition) is 8. The molecule has 0 saturated carbocycles. The van der Waals surface area contributed by atoms with Crippen molar-refractivity contribution in [3.8, 4) is 0 Å². The molecule has 48 heavy (non-hydrogen) atoms. The van der Waals surface area contributed by atoms with Crippen molar-refractivity contribution in [1.29, 1.82) is 0 Å². The van der Waals surface area contributed by atoms with Crippen molar-refractivity contribution < 1.29 is 53.8 Å². The first-order valence-corrected chi connectivity index (χ1v) is 14.9. The number of anilines is 2. The average Bonchev–Trinajstić information content (AvgIpc) is 3.68. The van der Waals surface area contributed by atoms with Gasteiger partial charge in [-0.1, -0.05) is 24.9 Å². The minimum Gasteiger partial charge on any atom is -0.443 e. The Morgan fingerprint density at radius 3 is 2.25 bits per heavy atom. The Labute approximate surface area is 267 Å². The smallest absolute Gasteiger partial charge is 0.433 e. The number of benzene rings is 1. The van der Waals surface area contributed by atoms with Crippen molar-refractivity contribution >= 4 is 17.7 Å². The molecule has 1 fully saturated rings. The number of carbonyl (C=O) groups excluding carboxylic acids is 1. The van der Waals surface area contributed by atoms with E-state index in [-0.39, 0.29) is 36.4 Å². The largest absolute Gasteiger partial charge is 0.443 e. The number of tetrazole rings is 1. The molecule has 4 heterocycles. The van der Waals surface area contributed by atoms with Crippen LogP contribution in [0, 0.1) is 0 Å². The van der Waals surface area contributed by atoms with Crippen LogP contribution in [0.15, 0.2) is 30.3 Å². The number of hydrogen-bond donors (Lipinski definition) is 0. The maximum absolute atomic E-state index is 14.0. The van der Waals surface area contributed by atoms with Crippen molar-refractivity contribution in [2.24, 2.45) is 7.05 Å². The van der Waals surface area contributed by atoms with Gasteiger partial charge in [-0.25, -0.2) is 9.78 Å². The first-order chi connectivity index (χ1) is 22.5. The van der Waals surface area contributed by atoms with Crippen molar-refractivity contribution in [3.05, 3.63) is 58.4 Å². The van der Waals surface area contributed by atoms with Crippen LogP contribution in [0.3, 0.4) is 0 Å². The number of fused-ring (bicyclic) bond motifs is 1. The molecule has 19 heteroatoms. The first kappa shape index (κ1) is 35.2. The lowest BCUT2D eigenvalue weighted by Crippen LogP contribution is -2.49. The normalized spacial score (nSPS) is 20.1. The summed E-state index contributed by atoms with van der Waals surface area (Å²) in [4.78, 5) is 20.8. The fourth-order valence-corrected chi connectivity index (χ4v) is 5.78. The Morgan fingerprint density at radius 2 is 1.71 bits per heavy atom. The van der Waals surface area contributed by atoms with Crippen LogP contribution >= 0.6 is 0 Å². The lowest BCUT2D eigenvalue weighted by atomic mass is 9.90. The molecule has 3 aromatic rings. The number of carbonyl (C=O) groups is 1. The fourth-order valence-electron chi connectivity index (χ4n) is 5.78. The average molecular weight is 696 g/mol. The van der Waals surface area contributed by atoms with Gasteiger partial charge in [-0.2, -0.15) is 44.3 Å². The van der Waals surface area contributed by atoms with Crippen molar-refractivity contribution in [3.63, 3.8) is 0 Å². The second-order valence-electron chi connectivity index (χ2n) is 11.5. The number of unbranched alkanes of at least 4 members (excludes halogenated alkanes) is 1. The number of aryl methyl sites for hydroxylation is 1. The van der Waals surface area contributed by atoms with E-state index < -0.39 is 71.7 Å². The molecule has 1 aromatic carbocycles. The number of amides is 1. The Balaban J connectivity index is 1.67. The summed E-state index contributed by atoms with van der Waals surface area (Å²) in [5, 5.41) is 11.7. The predicted molar refractivity (Wildman–Crippen MR) is 150 cm³/mol. The molecule has 0 N–H and O–H groups in total. The van der Waals surface area contributed by atoms with Crippen LogP contribution in [0.4, 0.5) is 55.9 Å². The highest BCUT2D eigenvalue weighted by molar-refractivity contribution is 5.90. The Hall–Kier alpha value is -4.16. The van der Waals surface area contributed by atoms with Crippen LogP contribution in [-0.2, 0) is 41.6 Å². The monoisotopic (exact) mass is 695 g/mol. The molecular weight excluding hydrogens is 665 g/mol. The Kier molecular flexibility index (Phi) is 9.81. The molecule has 0 radical (unpaired) electrons. The Morgan fingerprint density at radius 1 is 1.02 bits per heavy atom. The van der Waals surface area contributed by atoms with Gasteiger partial charge in [0.25, 0.3) is 5.95 Å². The highest BCUT2D eigenvalue weighted by Crippen LogP contribution is 2.45. The van der Waals surface area contributed by atoms with Crippen LogP contribution in [0.5, 0.6) is 0 Å². The molecule has 3 atom stereocenters. The molecule has 0 aliphatic carbocycles. The molecule has 1 unspecified atom stereocenters. The highest BCUT2D eigenvalue weighted by Gasteiger charge is 2.44. The second-order valence-corrected chi connectivity index (χ2v) is 11.5. The third kappa shape index (κ3) is 7.76. The lowest BCUT2D eigenvalue weighted by molar-refractivity contribution is -0.143. The maximum Gasteiger partial charge on any atom is 0.433 e. The van der Waals surface area contributed by atoms with Crippen molar-refractivity contribution in [1.82, 2.24) is 25.2 Å². The van der Waals surface area contributed by atoms with Crippen LogP contribution in [0.1, 0.15) is 73.1 Å². The molecule has 5 rings (SSSR count). The number of halogens is 9. The lowest BCUT2D eigenvalue weighted by Gasteiger charge is -2.43. The van der Waals surface area contributed by atoms with E-state index in [1.165, 1.54) is 11.9 Å². The molecule has 2 aromatic heterocycles. The molecule has 2 aliphatic rings. The highest BCUT2D eigenvalue weighted by atomic mass is 19.4. The summed E-state index contributed by atoms with van der Waals surface area (Å²) in [6.07, 6.45) is -14.9. The molecular formula is C29H30F9N7O3. The zero-order valence-corrected chi connectivity index (χ0v) is 25.5. The van der Waals surface area contributed by atoms with E-state index in [2.05, 4.69) is 20.4 Å². The molecule has 1 amide bonds. The van der Waals surface area contributed by atoms with Gasteiger partial charge < -0.3 is 14.4 Å². The number of pyridine rings is 1. The Bertz CT molecular complexity index is 1570. The summed E-state index contributed by atoms with van der Waals surface area (Å²) in [6, 6.07) is 0.745. The summed E-state index contributed by atoms with van der Waals surface area (Å²) in [6.45, 7) is 1.64. The number of rotatable bonds is 8. The summed E-state index contributed by atoms with van der Waals surface area (Å²) in [5.41, 5.74) is -5.36. The maximum atomic E-state index is 14.0. The number of nitrogens with zero attached hydrogens (tertiary/aromatic N) is 7. The molecule has 0 spiro atoms. The van der Waals surface area contributed by atoms with Gasteiger partial charge in [0.15, 0.2) is 0 Å². The SMILES string of the molecule is CCCC[C@@H]1C[C@H](N(Cc2cc(C(F)(F)F)cc(C(F)(F)F)c2)c2nnn(C)n2)c2nc(C(F)(F)F)ccc2N1C(=O)OC1CCOC1. The van der Waals surface area contributed by atoms with Gasteiger partial charge in [0, 0.05) is 19.0 Å².